The molecule has 0 fully saturated rings. The zero-order chi connectivity index (χ0) is 18.2. The molecule has 3 rings (SSSR count). The summed E-state index contributed by atoms with van der Waals surface area (Å²) in [5, 5.41) is 3.11. The van der Waals surface area contributed by atoms with Crippen molar-refractivity contribution in [3.8, 4) is 0 Å². The van der Waals surface area contributed by atoms with Crippen LogP contribution in [0.2, 0.25) is 0 Å². The second-order valence-corrected chi connectivity index (χ2v) is 5.95. The topological polar surface area (TPSA) is 71.3 Å². The van der Waals surface area contributed by atoms with Crippen LogP contribution in [-0.4, -0.2) is 27.3 Å². The fourth-order valence-electron chi connectivity index (χ4n) is 2.53. The number of nitrogens with one attached hydrogen (secondary N) is 1. The maximum atomic E-state index is 12.8. The molecule has 0 saturated heterocycles. The number of para-hydroxylation sites is 1. The Labute approximate surface area is 152 Å². The van der Waals surface area contributed by atoms with E-state index in [2.05, 4.69) is 22.2 Å². The molecular weight excluding hydrogens is 328 g/mol. The van der Waals surface area contributed by atoms with Crippen molar-refractivity contribution >= 4 is 17.5 Å². The number of rotatable bonds is 8. The molecule has 0 aliphatic rings. The Balaban J connectivity index is 1.69. The number of nitrogens with zero attached hydrogens (tertiary/aromatic N) is 3. The van der Waals surface area contributed by atoms with Gasteiger partial charge in [-0.25, -0.2) is 9.97 Å². The van der Waals surface area contributed by atoms with Gasteiger partial charge in [0, 0.05) is 24.6 Å². The van der Waals surface area contributed by atoms with E-state index in [1.54, 1.807) is 23.6 Å². The molecule has 2 aromatic heterocycles. The van der Waals surface area contributed by atoms with Gasteiger partial charge in [0.05, 0.1) is 18.4 Å². The van der Waals surface area contributed by atoms with Crippen LogP contribution in [-0.2, 0) is 6.54 Å². The summed E-state index contributed by atoms with van der Waals surface area (Å²) in [5.41, 5.74) is 1.36. The van der Waals surface area contributed by atoms with Crippen LogP contribution in [0.1, 0.15) is 35.9 Å². The first-order valence-electron chi connectivity index (χ1n) is 8.72. The predicted molar refractivity (Wildman–Crippen MR) is 100 cm³/mol. The van der Waals surface area contributed by atoms with Crippen LogP contribution in [0, 0.1) is 0 Å². The number of unbranched alkanes of at least 4 members (excludes halogenated alkanes) is 1. The molecule has 6 heteroatoms. The number of amides is 1. The highest BCUT2D eigenvalue weighted by molar-refractivity contribution is 5.93. The molecule has 0 saturated carbocycles. The van der Waals surface area contributed by atoms with Crippen molar-refractivity contribution in [3.05, 3.63) is 72.4 Å². The highest BCUT2D eigenvalue weighted by Gasteiger charge is 2.18. The smallest absolute Gasteiger partial charge is 0.257 e. The molecule has 2 heterocycles. The number of hydrogen-bond donors (Lipinski definition) is 1. The summed E-state index contributed by atoms with van der Waals surface area (Å²) in [5.74, 6) is 1.12. The Bertz CT molecular complexity index is 802. The molecule has 3 aromatic rings. The van der Waals surface area contributed by atoms with Gasteiger partial charge in [-0.05, 0) is 30.7 Å². The summed E-state index contributed by atoms with van der Waals surface area (Å²) >= 11 is 0. The van der Waals surface area contributed by atoms with Crippen molar-refractivity contribution in [3.63, 3.8) is 0 Å². The van der Waals surface area contributed by atoms with Gasteiger partial charge in [-0.1, -0.05) is 31.5 Å². The van der Waals surface area contributed by atoms with E-state index in [-0.39, 0.29) is 5.91 Å². The van der Waals surface area contributed by atoms with E-state index in [1.807, 2.05) is 42.5 Å². The Morgan fingerprint density at radius 3 is 2.54 bits per heavy atom. The molecule has 6 nitrogen and oxygen atoms in total. The maximum absolute atomic E-state index is 12.8. The van der Waals surface area contributed by atoms with Crippen molar-refractivity contribution in [2.24, 2.45) is 0 Å². The Hall–Kier alpha value is -3.15. The van der Waals surface area contributed by atoms with E-state index in [4.69, 9.17) is 4.42 Å². The van der Waals surface area contributed by atoms with E-state index in [0.717, 1.165) is 24.3 Å². The van der Waals surface area contributed by atoms with Crippen molar-refractivity contribution in [2.45, 2.75) is 26.3 Å². The SMILES string of the molecule is CCCCN(Cc1ccco1)C(=O)c1cnc(Nc2ccccc2)nc1. The molecule has 0 spiro atoms. The van der Waals surface area contributed by atoms with Crippen LogP contribution in [0.3, 0.4) is 0 Å². The van der Waals surface area contributed by atoms with Crippen LogP contribution in [0.15, 0.2) is 65.5 Å². The molecule has 0 aliphatic heterocycles. The van der Waals surface area contributed by atoms with E-state index < -0.39 is 0 Å². The third-order valence-electron chi connectivity index (χ3n) is 3.92. The highest BCUT2D eigenvalue weighted by Crippen LogP contribution is 2.14. The normalized spacial score (nSPS) is 10.5. The second-order valence-electron chi connectivity index (χ2n) is 5.95. The number of carbonyl (C=O) groups excluding carboxylic acids is 1. The van der Waals surface area contributed by atoms with E-state index in [1.165, 1.54) is 0 Å². The van der Waals surface area contributed by atoms with Crippen molar-refractivity contribution < 1.29 is 9.21 Å². The molecule has 26 heavy (non-hydrogen) atoms. The van der Waals surface area contributed by atoms with Crippen molar-refractivity contribution in [1.29, 1.82) is 0 Å². The molecule has 134 valence electrons. The zero-order valence-electron chi connectivity index (χ0n) is 14.8. The lowest BCUT2D eigenvalue weighted by atomic mass is 10.2. The minimum atomic E-state index is -0.0962. The number of anilines is 2. The first-order valence-corrected chi connectivity index (χ1v) is 8.72. The molecule has 0 radical (unpaired) electrons. The van der Waals surface area contributed by atoms with Crippen LogP contribution in [0.4, 0.5) is 11.6 Å². The monoisotopic (exact) mass is 350 g/mol. The van der Waals surface area contributed by atoms with Gasteiger partial charge in [0.25, 0.3) is 5.91 Å². The van der Waals surface area contributed by atoms with Crippen LogP contribution >= 0.6 is 0 Å². The number of hydrogen-bond acceptors (Lipinski definition) is 5. The highest BCUT2D eigenvalue weighted by atomic mass is 16.3. The number of furan rings is 1. The van der Waals surface area contributed by atoms with Gasteiger partial charge in [0.15, 0.2) is 0 Å². The van der Waals surface area contributed by atoms with Crippen LogP contribution in [0.5, 0.6) is 0 Å². The minimum absolute atomic E-state index is 0.0962. The summed E-state index contributed by atoms with van der Waals surface area (Å²) in [4.78, 5) is 23.1. The Kier molecular flexibility index (Phi) is 5.98. The molecule has 0 aliphatic carbocycles. The molecular formula is C20H22N4O2. The fourth-order valence-corrected chi connectivity index (χ4v) is 2.53. The third kappa shape index (κ3) is 4.69. The summed E-state index contributed by atoms with van der Waals surface area (Å²) in [6.07, 6.45) is 6.67. The molecule has 0 unspecified atom stereocenters. The van der Waals surface area contributed by atoms with Gasteiger partial charge in [-0.15, -0.1) is 0 Å². The summed E-state index contributed by atoms with van der Waals surface area (Å²) in [6, 6.07) is 13.4. The van der Waals surface area contributed by atoms with Gasteiger partial charge in [0.2, 0.25) is 5.95 Å². The maximum Gasteiger partial charge on any atom is 0.257 e. The Morgan fingerprint density at radius 2 is 1.88 bits per heavy atom. The lowest BCUT2D eigenvalue weighted by Gasteiger charge is -2.21. The molecule has 1 amide bonds. The average molecular weight is 350 g/mol. The number of benzene rings is 1. The van der Waals surface area contributed by atoms with Crippen molar-refractivity contribution in [1.82, 2.24) is 14.9 Å². The summed E-state index contributed by atoms with van der Waals surface area (Å²) < 4.78 is 5.38. The van der Waals surface area contributed by atoms with Gasteiger partial charge in [0.1, 0.15) is 5.76 Å². The zero-order valence-corrected chi connectivity index (χ0v) is 14.8. The average Bonchev–Trinajstić information content (AvgIpc) is 3.19. The summed E-state index contributed by atoms with van der Waals surface area (Å²) in [7, 11) is 0. The Morgan fingerprint density at radius 1 is 1.12 bits per heavy atom. The van der Waals surface area contributed by atoms with Crippen LogP contribution in [0.25, 0.3) is 0 Å². The van der Waals surface area contributed by atoms with E-state index >= 15 is 0 Å². The lowest BCUT2D eigenvalue weighted by Crippen LogP contribution is -2.31. The quantitative estimate of drug-likeness (QED) is 0.657. The number of carbonyl (C=O) groups is 1. The standard InChI is InChI=1S/C20H22N4O2/c1-2-3-11-24(15-18-10-7-12-26-18)19(25)16-13-21-20(22-14-16)23-17-8-5-4-6-9-17/h4-10,12-14H,2-3,11,15H2,1H3,(H,21,22,23). The summed E-state index contributed by atoms with van der Waals surface area (Å²) in [6.45, 7) is 3.21. The minimum Gasteiger partial charge on any atom is -0.467 e. The third-order valence-corrected chi connectivity index (χ3v) is 3.92. The van der Waals surface area contributed by atoms with Gasteiger partial charge in [-0.2, -0.15) is 0 Å². The molecule has 0 atom stereocenters. The molecule has 1 N–H and O–H groups in total. The largest absolute Gasteiger partial charge is 0.467 e. The molecule has 1 aromatic carbocycles. The second kappa shape index (κ2) is 8.80. The first kappa shape index (κ1) is 17.7. The van der Waals surface area contributed by atoms with E-state index in [0.29, 0.717) is 24.6 Å². The van der Waals surface area contributed by atoms with Gasteiger partial charge < -0.3 is 14.6 Å². The first-order chi connectivity index (χ1) is 12.8. The lowest BCUT2D eigenvalue weighted by molar-refractivity contribution is 0.0728. The van der Waals surface area contributed by atoms with E-state index in [9.17, 15) is 4.79 Å². The number of aromatic nitrogens is 2. The van der Waals surface area contributed by atoms with Gasteiger partial charge >= 0.3 is 0 Å². The van der Waals surface area contributed by atoms with Crippen LogP contribution < -0.4 is 5.32 Å². The van der Waals surface area contributed by atoms with Crippen molar-refractivity contribution in [2.75, 3.05) is 11.9 Å². The van der Waals surface area contributed by atoms with Gasteiger partial charge in [-0.3, -0.25) is 4.79 Å². The predicted octanol–water partition coefficient (Wildman–Crippen LogP) is 4.26. The molecule has 0 bridgehead atoms. The fraction of sp³-hybridized carbons (Fsp3) is 0.250.